The zero-order chi connectivity index (χ0) is 20.5. The molecule has 0 fully saturated rings. The Morgan fingerprint density at radius 2 is 1.90 bits per heavy atom. The lowest BCUT2D eigenvalue weighted by Gasteiger charge is -2.13. The van der Waals surface area contributed by atoms with E-state index in [9.17, 15) is 9.59 Å². The molecule has 0 aliphatic carbocycles. The van der Waals surface area contributed by atoms with Crippen molar-refractivity contribution >= 4 is 44.2 Å². The lowest BCUT2D eigenvalue weighted by molar-refractivity contribution is -0.116. The summed E-state index contributed by atoms with van der Waals surface area (Å²) in [5, 5.41) is 11.2. The number of halogens is 1. The van der Waals surface area contributed by atoms with Crippen LogP contribution in [0, 0.1) is 6.92 Å². The number of anilines is 1. The minimum absolute atomic E-state index is 0.119. The molecule has 0 atom stereocenters. The van der Waals surface area contributed by atoms with Crippen LogP contribution < -0.4 is 10.9 Å². The highest BCUT2D eigenvalue weighted by Gasteiger charge is 2.18. The second-order valence-corrected chi connectivity index (χ2v) is 7.79. The second kappa shape index (κ2) is 7.79. The normalized spacial score (nSPS) is 11.3. The van der Waals surface area contributed by atoms with Crippen molar-refractivity contribution in [2.75, 3.05) is 5.32 Å². The van der Waals surface area contributed by atoms with Crippen LogP contribution in [0.15, 0.2) is 51.7 Å². The zero-order valence-electron chi connectivity index (χ0n) is 16.1. The van der Waals surface area contributed by atoms with E-state index in [2.05, 4.69) is 38.4 Å². The minimum Gasteiger partial charge on any atom is -0.324 e. The average Bonchev–Trinajstić information content (AvgIpc) is 3.12. The van der Waals surface area contributed by atoms with E-state index in [4.69, 9.17) is 0 Å². The van der Waals surface area contributed by atoms with E-state index in [1.165, 1.54) is 4.57 Å². The summed E-state index contributed by atoms with van der Waals surface area (Å²) in [5.41, 5.74) is 3.11. The molecule has 8 heteroatoms. The standard InChI is InChI=1S/C21H20BrN5O2/c1-3-6-18-24-25-20-21(29)26(16-7-4-5-8-17(16)27(18)20)12-19(28)23-15-10-9-13(2)11-14(15)22/h4-5,7-11H,3,6,12H2,1-2H3,(H,23,28). The molecule has 1 amide bonds. The minimum atomic E-state index is -0.336. The van der Waals surface area contributed by atoms with Gasteiger partial charge in [0, 0.05) is 10.9 Å². The summed E-state index contributed by atoms with van der Waals surface area (Å²) in [6, 6.07) is 13.2. The predicted octanol–water partition coefficient (Wildman–Crippen LogP) is 3.71. The van der Waals surface area contributed by atoms with Crippen molar-refractivity contribution in [2.24, 2.45) is 0 Å². The summed E-state index contributed by atoms with van der Waals surface area (Å²) in [7, 11) is 0. The number of carbonyl (C=O) groups excluding carboxylic acids is 1. The number of carbonyl (C=O) groups is 1. The van der Waals surface area contributed by atoms with Crippen molar-refractivity contribution in [3.63, 3.8) is 0 Å². The van der Waals surface area contributed by atoms with Gasteiger partial charge in [0.1, 0.15) is 12.4 Å². The Bertz CT molecular complexity index is 1290. The molecule has 0 spiro atoms. The van der Waals surface area contributed by atoms with Crippen molar-refractivity contribution in [1.82, 2.24) is 19.2 Å². The molecule has 29 heavy (non-hydrogen) atoms. The lowest BCUT2D eigenvalue weighted by Crippen LogP contribution is -2.29. The summed E-state index contributed by atoms with van der Waals surface area (Å²) >= 11 is 3.46. The van der Waals surface area contributed by atoms with E-state index >= 15 is 0 Å². The van der Waals surface area contributed by atoms with Crippen LogP contribution in [0.4, 0.5) is 5.69 Å². The van der Waals surface area contributed by atoms with Crippen LogP contribution in [-0.2, 0) is 17.8 Å². The molecular formula is C21H20BrN5O2. The Kier molecular flexibility index (Phi) is 5.19. The molecule has 2 aromatic heterocycles. The first-order chi connectivity index (χ1) is 14.0. The maximum absolute atomic E-state index is 13.1. The molecule has 148 valence electrons. The van der Waals surface area contributed by atoms with Gasteiger partial charge in [-0.3, -0.25) is 18.6 Å². The first-order valence-electron chi connectivity index (χ1n) is 9.41. The molecule has 2 heterocycles. The highest BCUT2D eigenvalue weighted by Crippen LogP contribution is 2.23. The van der Waals surface area contributed by atoms with Crippen LogP contribution in [-0.4, -0.2) is 25.1 Å². The molecule has 0 saturated carbocycles. The second-order valence-electron chi connectivity index (χ2n) is 6.94. The Hall–Kier alpha value is -3.00. The van der Waals surface area contributed by atoms with Gasteiger partial charge < -0.3 is 5.32 Å². The van der Waals surface area contributed by atoms with E-state index in [0.29, 0.717) is 11.2 Å². The summed E-state index contributed by atoms with van der Waals surface area (Å²) < 4.78 is 4.04. The largest absolute Gasteiger partial charge is 0.324 e. The SMILES string of the molecule is CCCc1nnc2c(=O)n(CC(=O)Nc3ccc(C)cc3Br)c3ccccc3n12. The number of rotatable bonds is 5. The molecular weight excluding hydrogens is 434 g/mol. The number of fused-ring (bicyclic) bond motifs is 3. The van der Waals surface area contributed by atoms with Crippen LogP contribution >= 0.6 is 15.9 Å². The van der Waals surface area contributed by atoms with Gasteiger partial charge in [-0.25, -0.2) is 0 Å². The molecule has 1 N–H and O–H groups in total. The van der Waals surface area contributed by atoms with Gasteiger partial charge in [0.25, 0.3) is 5.56 Å². The number of amides is 1. The predicted molar refractivity (Wildman–Crippen MR) is 116 cm³/mol. The number of hydrogen-bond acceptors (Lipinski definition) is 4. The van der Waals surface area contributed by atoms with E-state index in [1.807, 2.05) is 49.4 Å². The fourth-order valence-corrected chi connectivity index (χ4v) is 4.01. The lowest BCUT2D eigenvalue weighted by atomic mass is 10.2. The fourth-order valence-electron chi connectivity index (χ4n) is 3.42. The topological polar surface area (TPSA) is 81.3 Å². The summed E-state index contributed by atoms with van der Waals surface area (Å²) in [6.07, 6.45) is 1.61. The fraction of sp³-hybridized carbons (Fsp3) is 0.238. The molecule has 0 radical (unpaired) electrons. The molecule has 0 saturated heterocycles. The van der Waals surface area contributed by atoms with Crippen LogP contribution in [0.2, 0.25) is 0 Å². The zero-order valence-corrected chi connectivity index (χ0v) is 17.7. The van der Waals surface area contributed by atoms with Crippen molar-refractivity contribution in [1.29, 1.82) is 0 Å². The van der Waals surface area contributed by atoms with Crippen molar-refractivity contribution in [3.05, 3.63) is 68.7 Å². The third kappa shape index (κ3) is 3.55. The van der Waals surface area contributed by atoms with Gasteiger partial charge in [-0.2, -0.15) is 0 Å². The van der Waals surface area contributed by atoms with E-state index < -0.39 is 0 Å². The number of benzene rings is 2. The number of hydrogen-bond donors (Lipinski definition) is 1. The first-order valence-corrected chi connectivity index (χ1v) is 10.2. The Labute approximate surface area is 175 Å². The van der Waals surface area contributed by atoms with Crippen molar-refractivity contribution < 1.29 is 4.79 Å². The molecule has 0 bridgehead atoms. The number of nitrogens with zero attached hydrogens (tertiary/aromatic N) is 4. The average molecular weight is 454 g/mol. The van der Waals surface area contributed by atoms with Crippen LogP contribution in [0.3, 0.4) is 0 Å². The molecule has 0 unspecified atom stereocenters. The molecule has 0 aliphatic heterocycles. The van der Waals surface area contributed by atoms with Crippen LogP contribution in [0.25, 0.3) is 16.7 Å². The number of nitrogens with one attached hydrogen (secondary N) is 1. The molecule has 2 aromatic carbocycles. The van der Waals surface area contributed by atoms with Crippen molar-refractivity contribution in [2.45, 2.75) is 33.2 Å². The number of para-hydroxylation sites is 2. The summed E-state index contributed by atoms with van der Waals surface area (Å²) in [5.74, 6) is 0.454. The monoisotopic (exact) mass is 453 g/mol. The Morgan fingerprint density at radius 3 is 2.62 bits per heavy atom. The Balaban J connectivity index is 1.78. The van der Waals surface area contributed by atoms with Gasteiger partial charge in [0.2, 0.25) is 11.6 Å². The third-order valence-corrected chi connectivity index (χ3v) is 5.41. The third-order valence-electron chi connectivity index (χ3n) is 4.75. The summed E-state index contributed by atoms with van der Waals surface area (Å²) in [4.78, 5) is 25.8. The number of aryl methyl sites for hydroxylation is 2. The molecule has 4 rings (SSSR count). The highest BCUT2D eigenvalue weighted by molar-refractivity contribution is 9.10. The van der Waals surface area contributed by atoms with Crippen molar-refractivity contribution in [3.8, 4) is 0 Å². The van der Waals surface area contributed by atoms with E-state index in [0.717, 1.165) is 34.2 Å². The maximum atomic E-state index is 13.1. The van der Waals surface area contributed by atoms with Crippen LogP contribution in [0.5, 0.6) is 0 Å². The quantitative estimate of drug-likeness (QED) is 0.499. The van der Waals surface area contributed by atoms with Gasteiger partial charge in [0.05, 0.1) is 16.7 Å². The molecule has 4 aromatic rings. The first kappa shape index (κ1) is 19.3. The van der Waals surface area contributed by atoms with Gasteiger partial charge in [-0.05, 0) is 59.1 Å². The van der Waals surface area contributed by atoms with Crippen LogP contribution in [0.1, 0.15) is 24.7 Å². The van der Waals surface area contributed by atoms with Gasteiger partial charge >= 0.3 is 0 Å². The molecule has 7 nitrogen and oxygen atoms in total. The van der Waals surface area contributed by atoms with E-state index in [-0.39, 0.29) is 23.7 Å². The smallest absolute Gasteiger partial charge is 0.297 e. The number of aromatic nitrogens is 4. The summed E-state index contributed by atoms with van der Waals surface area (Å²) in [6.45, 7) is 3.91. The molecule has 0 aliphatic rings. The van der Waals surface area contributed by atoms with Gasteiger partial charge in [-0.15, -0.1) is 10.2 Å². The van der Waals surface area contributed by atoms with Gasteiger partial charge in [0.15, 0.2) is 0 Å². The highest BCUT2D eigenvalue weighted by atomic mass is 79.9. The maximum Gasteiger partial charge on any atom is 0.297 e. The Morgan fingerprint density at radius 1 is 1.14 bits per heavy atom. The van der Waals surface area contributed by atoms with Gasteiger partial charge in [-0.1, -0.05) is 25.1 Å². The van der Waals surface area contributed by atoms with E-state index in [1.54, 1.807) is 4.40 Å².